The van der Waals surface area contributed by atoms with Gasteiger partial charge < -0.3 is 5.73 Å². The van der Waals surface area contributed by atoms with Gasteiger partial charge >= 0.3 is 0 Å². The van der Waals surface area contributed by atoms with E-state index in [1.807, 2.05) is 13.0 Å². The second-order valence-corrected chi connectivity index (χ2v) is 5.28. The number of hydrogen-bond acceptors (Lipinski definition) is 4. The molecular formula is C13H20F2N4. The van der Waals surface area contributed by atoms with Crippen LogP contribution in [0.2, 0.25) is 0 Å². The summed E-state index contributed by atoms with van der Waals surface area (Å²) in [5.41, 5.74) is 10.2. The van der Waals surface area contributed by atoms with Crippen molar-refractivity contribution < 1.29 is 8.78 Å². The summed E-state index contributed by atoms with van der Waals surface area (Å²) in [6, 6.07) is 1.44. The lowest BCUT2D eigenvalue weighted by molar-refractivity contribution is -0.0584. The first-order chi connectivity index (χ1) is 8.94. The molecule has 0 spiro atoms. The van der Waals surface area contributed by atoms with Crippen LogP contribution in [-0.4, -0.2) is 10.9 Å². The molecule has 0 aliphatic heterocycles. The zero-order chi connectivity index (χ0) is 14.0. The highest BCUT2D eigenvalue weighted by Crippen LogP contribution is 2.43. The normalized spacial score (nSPS) is 24.1. The number of anilines is 1. The average molecular weight is 270 g/mol. The summed E-state index contributed by atoms with van der Waals surface area (Å²) in [5.74, 6) is 3.11. The highest BCUT2D eigenvalue weighted by molar-refractivity contribution is 5.46. The summed E-state index contributed by atoms with van der Waals surface area (Å²) in [6.45, 7) is 1.89. The molecule has 0 saturated heterocycles. The molecule has 1 aromatic heterocycles. The van der Waals surface area contributed by atoms with Crippen LogP contribution >= 0.6 is 0 Å². The number of nitrogen functional groups attached to an aromatic ring is 1. The molecule has 1 fully saturated rings. The summed E-state index contributed by atoms with van der Waals surface area (Å²) in [6.07, 6.45) is 2.64. The van der Waals surface area contributed by atoms with E-state index in [2.05, 4.69) is 10.4 Å². The van der Waals surface area contributed by atoms with E-state index in [4.69, 9.17) is 11.6 Å². The minimum atomic E-state index is -2.61. The van der Waals surface area contributed by atoms with Crippen molar-refractivity contribution >= 4 is 5.82 Å². The molecular weight excluding hydrogens is 250 g/mol. The van der Waals surface area contributed by atoms with Crippen LogP contribution in [0.1, 0.15) is 42.9 Å². The van der Waals surface area contributed by atoms with Gasteiger partial charge in [0.2, 0.25) is 5.92 Å². The lowest BCUT2D eigenvalue weighted by atomic mass is 9.79. The van der Waals surface area contributed by atoms with Gasteiger partial charge in [0.05, 0.1) is 6.04 Å². The Morgan fingerprint density at radius 1 is 1.53 bits per heavy atom. The zero-order valence-corrected chi connectivity index (χ0v) is 11.0. The number of nitrogens with two attached hydrogens (primary N) is 2. The molecule has 19 heavy (non-hydrogen) atoms. The van der Waals surface area contributed by atoms with Gasteiger partial charge in [0.25, 0.3) is 0 Å². The molecule has 1 heterocycles. The van der Waals surface area contributed by atoms with Gasteiger partial charge in [0.15, 0.2) is 0 Å². The molecule has 1 saturated carbocycles. The Morgan fingerprint density at radius 2 is 2.26 bits per heavy atom. The van der Waals surface area contributed by atoms with Gasteiger partial charge in [0.1, 0.15) is 5.82 Å². The van der Waals surface area contributed by atoms with Gasteiger partial charge in [-0.3, -0.25) is 11.3 Å². The fraction of sp³-hybridized carbons (Fsp3) is 0.615. The van der Waals surface area contributed by atoms with Crippen molar-refractivity contribution in [2.24, 2.45) is 11.8 Å². The van der Waals surface area contributed by atoms with Crippen molar-refractivity contribution in [3.63, 3.8) is 0 Å². The summed E-state index contributed by atoms with van der Waals surface area (Å²) in [7, 11) is 0. The Hall–Kier alpha value is -1.27. The first kappa shape index (κ1) is 14.1. The topological polar surface area (TPSA) is 77.0 Å². The monoisotopic (exact) mass is 270 g/mol. The number of halogens is 2. The van der Waals surface area contributed by atoms with E-state index >= 15 is 0 Å². The minimum absolute atomic E-state index is 0.0394. The Labute approximate surface area is 111 Å². The number of aryl methyl sites for hydroxylation is 1. The first-order valence-electron chi connectivity index (χ1n) is 6.49. The molecule has 1 aliphatic rings. The maximum atomic E-state index is 13.6. The van der Waals surface area contributed by atoms with Gasteiger partial charge in [-0.15, -0.1) is 0 Å². The fourth-order valence-corrected chi connectivity index (χ4v) is 2.95. The number of nitrogens with zero attached hydrogens (tertiary/aromatic N) is 1. The second kappa shape index (κ2) is 5.38. The molecule has 6 heteroatoms. The lowest BCUT2D eigenvalue weighted by Crippen LogP contribution is -2.39. The van der Waals surface area contributed by atoms with Crippen molar-refractivity contribution in [1.29, 1.82) is 0 Å². The number of rotatable bonds is 3. The van der Waals surface area contributed by atoms with Gasteiger partial charge in [-0.2, -0.15) is 0 Å². The Kier molecular flexibility index (Phi) is 4.01. The van der Waals surface area contributed by atoms with Gasteiger partial charge in [-0.25, -0.2) is 13.8 Å². The molecule has 0 aromatic carbocycles. The van der Waals surface area contributed by atoms with Crippen molar-refractivity contribution in [2.45, 2.75) is 44.6 Å². The van der Waals surface area contributed by atoms with Crippen LogP contribution in [0.25, 0.3) is 0 Å². The van der Waals surface area contributed by atoms with Crippen LogP contribution in [0.5, 0.6) is 0 Å². The molecule has 0 bridgehead atoms. The van der Waals surface area contributed by atoms with Crippen LogP contribution in [0, 0.1) is 12.8 Å². The SMILES string of the molecule is Cc1ccnc(N)c1C(NN)C1CCCC(F)(F)C1. The van der Waals surface area contributed by atoms with E-state index in [-0.39, 0.29) is 24.8 Å². The molecule has 2 atom stereocenters. The van der Waals surface area contributed by atoms with E-state index < -0.39 is 5.92 Å². The highest BCUT2D eigenvalue weighted by Gasteiger charge is 2.40. The first-order valence-corrected chi connectivity index (χ1v) is 6.49. The smallest absolute Gasteiger partial charge is 0.248 e. The third kappa shape index (κ3) is 3.01. The summed E-state index contributed by atoms with van der Waals surface area (Å²) < 4.78 is 27.1. The van der Waals surface area contributed by atoms with Crippen molar-refractivity contribution in [2.75, 3.05) is 5.73 Å². The summed E-state index contributed by atoms with van der Waals surface area (Å²) >= 11 is 0. The molecule has 1 aromatic rings. The Morgan fingerprint density at radius 3 is 2.84 bits per heavy atom. The molecule has 0 radical (unpaired) electrons. The van der Waals surface area contributed by atoms with Crippen LogP contribution in [-0.2, 0) is 0 Å². The van der Waals surface area contributed by atoms with Crippen LogP contribution in [0.4, 0.5) is 14.6 Å². The van der Waals surface area contributed by atoms with Crippen molar-refractivity contribution in [3.05, 3.63) is 23.4 Å². The number of aromatic nitrogens is 1. The van der Waals surface area contributed by atoms with Gasteiger partial charge in [-0.05, 0) is 37.3 Å². The quantitative estimate of drug-likeness (QED) is 0.582. The van der Waals surface area contributed by atoms with E-state index in [0.29, 0.717) is 12.2 Å². The molecule has 2 unspecified atom stereocenters. The fourth-order valence-electron chi connectivity index (χ4n) is 2.95. The Balaban J connectivity index is 2.29. The lowest BCUT2D eigenvalue weighted by Gasteiger charge is -2.35. The van der Waals surface area contributed by atoms with Crippen molar-refractivity contribution in [1.82, 2.24) is 10.4 Å². The highest BCUT2D eigenvalue weighted by atomic mass is 19.3. The number of alkyl halides is 2. The molecule has 0 amide bonds. The summed E-state index contributed by atoms with van der Waals surface area (Å²) in [4.78, 5) is 4.03. The van der Waals surface area contributed by atoms with Crippen LogP contribution in [0.3, 0.4) is 0 Å². The molecule has 106 valence electrons. The predicted molar refractivity (Wildman–Crippen MR) is 70.4 cm³/mol. The number of nitrogens with one attached hydrogen (secondary N) is 1. The van der Waals surface area contributed by atoms with Crippen molar-refractivity contribution in [3.8, 4) is 0 Å². The maximum absolute atomic E-state index is 13.6. The largest absolute Gasteiger partial charge is 0.383 e. The van der Waals surface area contributed by atoms with E-state index in [0.717, 1.165) is 17.5 Å². The molecule has 5 N–H and O–H groups in total. The third-order valence-corrected chi connectivity index (χ3v) is 3.88. The maximum Gasteiger partial charge on any atom is 0.248 e. The van der Waals surface area contributed by atoms with E-state index in [9.17, 15) is 8.78 Å². The number of pyridine rings is 1. The Bertz CT molecular complexity index is 430. The molecule has 2 rings (SSSR count). The standard InChI is InChI=1S/C13H20F2N4/c1-8-4-6-18-12(16)10(8)11(19-17)9-3-2-5-13(14,15)7-9/h4,6,9,11,19H,2-3,5,7,17H2,1H3,(H2,16,18). The minimum Gasteiger partial charge on any atom is -0.383 e. The molecule has 1 aliphatic carbocycles. The van der Waals surface area contributed by atoms with E-state index in [1.54, 1.807) is 6.20 Å². The number of hydrazine groups is 1. The average Bonchev–Trinajstić information content (AvgIpc) is 2.32. The van der Waals surface area contributed by atoms with Crippen LogP contribution in [0.15, 0.2) is 12.3 Å². The third-order valence-electron chi connectivity index (χ3n) is 3.88. The second-order valence-electron chi connectivity index (χ2n) is 5.28. The summed E-state index contributed by atoms with van der Waals surface area (Å²) in [5, 5.41) is 0. The predicted octanol–water partition coefficient (Wildman–Crippen LogP) is 2.30. The zero-order valence-electron chi connectivity index (χ0n) is 11.0. The van der Waals surface area contributed by atoms with Gasteiger partial charge in [-0.1, -0.05) is 0 Å². The molecule has 4 nitrogen and oxygen atoms in total. The van der Waals surface area contributed by atoms with Gasteiger partial charge in [0, 0.05) is 24.6 Å². The van der Waals surface area contributed by atoms with Crippen LogP contribution < -0.4 is 17.0 Å². The number of hydrogen-bond donors (Lipinski definition) is 3. The van der Waals surface area contributed by atoms with E-state index in [1.165, 1.54) is 0 Å².